The summed E-state index contributed by atoms with van der Waals surface area (Å²) in [7, 11) is 0. The zero-order valence-electron chi connectivity index (χ0n) is 13.9. The van der Waals surface area contributed by atoms with E-state index in [4.69, 9.17) is 5.73 Å². The molecule has 1 unspecified atom stereocenters. The van der Waals surface area contributed by atoms with Crippen molar-refractivity contribution in [1.29, 1.82) is 0 Å². The van der Waals surface area contributed by atoms with Crippen LogP contribution in [0, 0.1) is 5.92 Å². The van der Waals surface area contributed by atoms with Gasteiger partial charge in [0.1, 0.15) is 5.69 Å². The lowest BCUT2D eigenvalue weighted by molar-refractivity contribution is 0.0956. The monoisotopic (exact) mass is 323 g/mol. The van der Waals surface area contributed by atoms with E-state index in [1.165, 1.54) is 11.8 Å². The van der Waals surface area contributed by atoms with Crippen molar-refractivity contribution in [3.05, 3.63) is 59.4 Å². The van der Waals surface area contributed by atoms with E-state index >= 15 is 0 Å². The zero-order chi connectivity index (χ0) is 17.3. The molecule has 1 aliphatic rings. The molecule has 2 heterocycles. The first-order valence-electron chi connectivity index (χ1n) is 8.16. The first-order valence-corrected chi connectivity index (χ1v) is 8.16. The molecule has 24 heavy (non-hydrogen) atoms. The largest absolute Gasteiger partial charge is 0.366 e. The van der Waals surface area contributed by atoms with Crippen molar-refractivity contribution in [2.45, 2.75) is 32.7 Å². The highest BCUT2D eigenvalue weighted by atomic mass is 16.2. The van der Waals surface area contributed by atoms with Crippen LogP contribution in [-0.4, -0.2) is 22.8 Å². The molecule has 2 N–H and O–H groups in total. The van der Waals surface area contributed by atoms with Gasteiger partial charge in [-0.15, -0.1) is 0 Å². The number of hydrogen-bond acceptors (Lipinski definition) is 3. The Kier molecular flexibility index (Phi) is 4.34. The number of rotatable bonds is 3. The lowest BCUT2D eigenvalue weighted by Gasteiger charge is -2.39. The number of aryl methyl sites for hydroxylation is 1. The van der Waals surface area contributed by atoms with E-state index in [-0.39, 0.29) is 11.9 Å². The van der Waals surface area contributed by atoms with Crippen LogP contribution in [0.1, 0.15) is 46.7 Å². The molecule has 1 aromatic heterocycles. The van der Waals surface area contributed by atoms with E-state index in [0.717, 1.165) is 18.5 Å². The predicted octanol–water partition coefficient (Wildman–Crippen LogP) is 2.80. The van der Waals surface area contributed by atoms with Crippen LogP contribution < -0.4 is 10.6 Å². The molecule has 0 saturated heterocycles. The van der Waals surface area contributed by atoms with Crippen molar-refractivity contribution in [1.82, 2.24) is 4.98 Å². The summed E-state index contributed by atoms with van der Waals surface area (Å²) in [5.41, 5.74) is 7.98. The van der Waals surface area contributed by atoms with Gasteiger partial charge in [-0.2, -0.15) is 0 Å². The number of hydrogen-bond donors (Lipinski definition) is 1. The van der Waals surface area contributed by atoms with Crippen molar-refractivity contribution < 1.29 is 9.59 Å². The van der Waals surface area contributed by atoms with Crippen LogP contribution >= 0.6 is 0 Å². The fourth-order valence-corrected chi connectivity index (χ4v) is 3.25. The van der Waals surface area contributed by atoms with Gasteiger partial charge in [-0.3, -0.25) is 14.6 Å². The Morgan fingerprint density at radius 3 is 2.58 bits per heavy atom. The third kappa shape index (κ3) is 2.89. The summed E-state index contributed by atoms with van der Waals surface area (Å²) >= 11 is 0. The zero-order valence-corrected chi connectivity index (χ0v) is 13.9. The summed E-state index contributed by atoms with van der Waals surface area (Å²) in [4.78, 5) is 30.3. The molecule has 1 aliphatic heterocycles. The quantitative estimate of drug-likeness (QED) is 0.943. The van der Waals surface area contributed by atoms with E-state index in [1.54, 1.807) is 12.1 Å². The molecule has 0 radical (unpaired) electrons. The summed E-state index contributed by atoms with van der Waals surface area (Å²) in [6, 6.07) is 11.2. The fraction of sp³-hybridized carbons (Fsp3) is 0.316. The fourth-order valence-electron chi connectivity index (χ4n) is 3.25. The number of para-hydroxylation sites is 1. The maximum absolute atomic E-state index is 13.1. The Hall–Kier alpha value is -2.69. The highest BCUT2D eigenvalue weighted by molar-refractivity contribution is 6.06. The molecule has 0 bridgehead atoms. The van der Waals surface area contributed by atoms with E-state index < -0.39 is 5.91 Å². The molecule has 0 saturated carbocycles. The molecule has 124 valence electrons. The van der Waals surface area contributed by atoms with Crippen LogP contribution in [0.5, 0.6) is 0 Å². The third-order valence-corrected chi connectivity index (χ3v) is 4.55. The molecule has 1 atom stereocenters. The Labute approximate surface area is 141 Å². The Balaban J connectivity index is 2.00. The summed E-state index contributed by atoms with van der Waals surface area (Å²) in [6.07, 6.45) is 3.26. The van der Waals surface area contributed by atoms with Crippen LogP contribution in [0.15, 0.2) is 42.6 Å². The van der Waals surface area contributed by atoms with Crippen LogP contribution in [0.3, 0.4) is 0 Å². The average molecular weight is 323 g/mol. The van der Waals surface area contributed by atoms with Crippen LogP contribution in [0.4, 0.5) is 5.69 Å². The Morgan fingerprint density at radius 1 is 1.21 bits per heavy atom. The average Bonchev–Trinajstić information content (AvgIpc) is 2.60. The van der Waals surface area contributed by atoms with Gasteiger partial charge in [0, 0.05) is 17.9 Å². The number of pyridine rings is 1. The molecule has 2 amide bonds. The van der Waals surface area contributed by atoms with Crippen molar-refractivity contribution in [2.24, 2.45) is 11.7 Å². The number of primary amides is 1. The second-order valence-corrected chi connectivity index (χ2v) is 6.45. The molecule has 0 fully saturated rings. The smallest absolute Gasteiger partial charge is 0.277 e. The lowest BCUT2D eigenvalue weighted by Crippen LogP contribution is -2.46. The van der Waals surface area contributed by atoms with Gasteiger partial charge in [0.15, 0.2) is 0 Å². The van der Waals surface area contributed by atoms with Gasteiger partial charge in [-0.05, 0) is 42.5 Å². The van der Waals surface area contributed by atoms with Gasteiger partial charge in [-0.25, -0.2) is 0 Å². The number of anilines is 1. The van der Waals surface area contributed by atoms with Gasteiger partial charge in [-0.1, -0.05) is 32.0 Å². The topological polar surface area (TPSA) is 76.3 Å². The lowest BCUT2D eigenvalue weighted by atomic mass is 9.89. The molecular formula is C19H21N3O2. The summed E-state index contributed by atoms with van der Waals surface area (Å²) in [5, 5.41) is 0. The molecule has 1 aromatic carbocycles. The minimum Gasteiger partial charge on any atom is -0.366 e. The normalized spacial score (nSPS) is 16.8. The Morgan fingerprint density at radius 2 is 1.96 bits per heavy atom. The van der Waals surface area contributed by atoms with E-state index in [0.29, 0.717) is 17.2 Å². The van der Waals surface area contributed by atoms with Gasteiger partial charge < -0.3 is 10.6 Å². The standard InChI is InChI=1S/C19H21N3O2/c1-12(2)16-10-8-13-5-3-4-6-17(13)22(16)19(24)15-9-7-14(11-21-15)18(20)23/h3-7,9,11-12,16H,8,10H2,1-2H3,(H2,20,23). The summed E-state index contributed by atoms with van der Waals surface area (Å²) < 4.78 is 0. The van der Waals surface area contributed by atoms with Crippen molar-refractivity contribution in [3.8, 4) is 0 Å². The SMILES string of the molecule is CC(C)C1CCc2ccccc2N1C(=O)c1ccc(C(N)=O)cn1. The second-order valence-electron chi connectivity index (χ2n) is 6.45. The molecule has 5 nitrogen and oxygen atoms in total. The number of carbonyl (C=O) groups is 2. The van der Waals surface area contributed by atoms with Crippen molar-refractivity contribution in [3.63, 3.8) is 0 Å². The first-order chi connectivity index (χ1) is 11.5. The number of amides is 2. The highest BCUT2D eigenvalue weighted by Gasteiger charge is 2.33. The number of carbonyl (C=O) groups excluding carboxylic acids is 2. The van der Waals surface area contributed by atoms with Gasteiger partial charge >= 0.3 is 0 Å². The number of fused-ring (bicyclic) bond motifs is 1. The minimum absolute atomic E-state index is 0.130. The molecule has 0 aliphatic carbocycles. The van der Waals surface area contributed by atoms with E-state index in [1.807, 2.05) is 23.1 Å². The second kappa shape index (κ2) is 6.43. The maximum Gasteiger partial charge on any atom is 0.277 e. The number of benzene rings is 1. The molecule has 5 heteroatoms. The molecular weight excluding hydrogens is 302 g/mol. The summed E-state index contributed by atoms with van der Waals surface area (Å²) in [5.74, 6) is -0.353. The van der Waals surface area contributed by atoms with Crippen molar-refractivity contribution in [2.75, 3.05) is 4.90 Å². The van der Waals surface area contributed by atoms with Crippen molar-refractivity contribution >= 4 is 17.5 Å². The van der Waals surface area contributed by atoms with Crippen LogP contribution in [0.2, 0.25) is 0 Å². The van der Waals surface area contributed by atoms with E-state index in [9.17, 15) is 9.59 Å². The predicted molar refractivity (Wildman–Crippen MR) is 93.0 cm³/mol. The third-order valence-electron chi connectivity index (χ3n) is 4.55. The number of nitrogens with zero attached hydrogens (tertiary/aromatic N) is 2. The Bertz CT molecular complexity index is 768. The van der Waals surface area contributed by atoms with Crippen LogP contribution in [-0.2, 0) is 6.42 Å². The number of aromatic nitrogens is 1. The molecule has 0 spiro atoms. The highest BCUT2D eigenvalue weighted by Crippen LogP contribution is 2.34. The van der Waals surface area contributed by atoms with Gasteiger partial charge in [0.25, 0.3) is 5.91 Å². The van der Waals surface area contributed by atoms with Gasteiger partial charge in [0.05, 0.1) is 5.56 Å². The van der Waals surface area contributed by atoms with Gasteiger partial charge in [0.2, 0.25) is 5.91 Å². The molecule has 3 rings (SSSR count). The van der Waals surface area contributed by atoms with Crippen LogP contribution in [0.25, 0.3) is 0 Å². The number of nitrogens with two attached hydrogens (primary N) is 1. The van der Waals surface area contributed by atoms with E-state index in [2.05, 4.69) is 24.9 Å². The first kappa shape index (κ1) is 16.2. The molecule has 2 aromatic rings. The minimum atomic E-state index is -0.551. The maximum atomic E-state index is 13.1. The summed E-state index contributed by atoms with van der Waals surface area (Å²) in [6.45, 7) is 4.25.